The number of benzene rings is 1. The molecule has 1 heterocycles. The molecule has 1 aliphatic heterocycles. The molecule has 0 aromatic heterocycles. The highest BCUT2D eigenvalue weighted by atomic mass is 19.2. The van der Waals surface area contributed by atoms with Crippen molar-refractivity contribution in [3.63, 3.8) is 0 Å². The molecule has 1 fully saturated rings. The van der Waals surface area contributed by atoms with Crippen LogP contribution in [0, 0.1) is 11.6 Å². The molecule has 1 aliphatic rings. The van der Waals surface area contributed by atoms with Crippen LogP contribution in [-0.2, 0) is 11.3 Å². The van der Waals surface area contributed by atoms with Crippen molar-refractivity contribution in [3.8, 4) is 0 Å². The molecule has 2 rings (SSSR count). The van der Waals surface area contributed by atoms with Gasteiger partial charge in [-0.25, -0.2) is 8.78 Å². The third-order valence-electron chi connectivity index (χ3n) is 2.77. The SMILES string of the molecule is Fc1cccc(CNC2CCCOC2)c1F. The highest BCUT2D eigenvalue weighted by molar-refractivity contribution is 5.18. The van der Waals surface area contributed by atoms with Gasteiger partial charge in [-0.15, -0.1) is 0 Å². The van der Waals surface area contributed by atoms with Gasteiger partial charge in [0.1, 0.15) is 0 Å². The summed E-state index contributed by atoms with van der Waals surface area (Å²) in [6.07, 6.45) is 2.04. The molecule has 16 heavy (non-hydrogen) atoms. The van der Waals surface area contributed by atoms with Gasteiger partial charge in [0.05, 0.1) is 6.61 Å². The number of hydrogen-bond donors (Lipinski definition) is 1. The Hall–Kier alpha value is -1.00. The largest absolute Gasteiger partial charge is 0.380 e. The zero-order valence-electron chi connectivity index (χ0n) is 9.01. The number of nitrogens with one attached hydrogen (secondary N) is 1. The van der Waals surface area contributed by atoms with E-state index in [1.165, 1.54) is 6.07 Å². The van der Waals surface area contributed by atoms with Crippen LogP contribution in [0.1, 0.15) is 18.4 Å². The third kappa shape index (κ3) is 2.77. The van der Waals surface area contributed by atoms with Crippen LogP contribution in [0.5, 0.6) is 0 Å². The maximum Gasteiger partial charge on any atom is 0.163 e. The predicted octanol–water partition coefficient (Wildman–Crippen LogP) is 2.23. The van der Waals surface area contributed by atoms with Gasteiger partial charge in [0.25, 0.3) is 0 Å². The first-order valence-corrected chi connectivity index (χ1v) is 5.51. The molecule has 0 amide bonds. The van der Waals surface area contributed by atoms with Gasteiger partial charge >= 0.3 is 0 Å². The highest BCUT2D eigenvalue weighted by Crippen LogP contribution is 2.12. The molecular formula is C12H15F2NO. The van der Waals surface area contributed by atoms with Crippen LogP contribution in [0.15, 0.2) is 18.2 Å². The van der Waals surface area contributed by atoms with Crippen molar-refractivity contribution < 1.29 is 13.5 Å². The molecule has 1 atom stereocenters. The van der Waals surface area contributed by atoms with Gasteiger partial charge in [-0.05, 0) is 18.9 Å². The maximum absolute atomic E-state index is 13.3. The Balaban J connectivity index is 1.91. The lowest BCUT2D eigenvalue weighted by Gasteiger charge is -2.23. The van der Waals surface area contributed by atoms with Crippen LogP contribution in [-0.4, -0.2) is 19.3 Å². The smallest absolute Gasteiger partial charge is 0.163 e. The first-order valence-electron chi connectivity index (χ1n) is 5.51. The molecule has 0 saturated carbocycles. The summed E-state index contributed by atoms with van der Waals surface area (Å²) in [6.45, 7) is 1.79. The van der Waals surface area contributed by atoms with Crippen molar-refractivity contribution in [2.45, 2.75) is 25.4 Å². The summed E-state index contributed by atoms with van der Waals surface area (Å²) in [5.74, 6) is -1.55. The summed E-state index contributed by atoms with van der Waals surface area (Å²) >= 11 is 0. The van der Waals surface area contributed by atoms with Crippen molar-refractivity contribution in [1.82, 2.24) is 5.32 Å². The first kappa shape index (κ1) is 11.5. The highest BCUT2D eigenvalue weighted by Gasteiger charge is 2.14. The van der Waals surface area contributed by atoms with Crippen molar-refractivity contribution in [3.05, 3.63) is 35.4 Å². The van der Waals surface area contributed by atoms with Crippen molar-refractivity contribution in [2.24, 2.45) is 0 Å². The Labute approximate surface area is 93.6 Å². The third-order valence-corrected chi connectivity index (χ3v) is 2.77. The Morgan fingerprint density at radius 1 is 1.38 bits per heavy atom. The van der Waals surface area contributed by atoms with Crippen LogP contribution in [0.2, 0.25) is 0 Å². The lowest BCUT2D eigenvalue weighted by atomic mass is 10.1. The molecule has 0 radical (unpaired) electrons. The molecule has 0 spiro atoms. The van der Waals surface area contributed by atoms with E-state index in [9.17, 15) is 8.78 Å². The van der Waals surface area contributed by atoms with Crippen LogP contribution < -0.4 is 5.32 Å². The summed E-state index contributed by atoms with van der Waals surface area (Å²) in [5, 5.41) is 3.17. The average Bonchev–Trinajstić information content (AvgIpc) is 2.32. The molecule has 0 aliphatic carbocycles. The second kappa shape index (κ2) is 5.37. The van der Waals surface area contributed by atoms with Gasteiger partial charge in [-0.2, -0.15) is 0 Å². The lowest BCUT2D eigenvalue weighted by molar-refractivity contribution is 0.0698. The zero-order chi connectivity index (χ0) is 11.4. The fourth-order valence-electron chi connectivity index (χ4n) is 1.84. The summed E-state index contributed by atoms with van der Waals surface area (Å²) in [7, 11) is 0. The minimum atomic E-state index is -0.792. The number of rotatable bonds is 3. The van der Waals surface area contributed by atoms with E-state index in [0.29, 0.717) is 18.7 Å². The summed E-state index contributed by atoms with van der Waals surface area (Å²) in [5.41, 5.74) is 0.366. The number of ether oxygens (including phenoxy) is 1. The molecule has 0 bridgehead atoms. The van der Waals surface area contributed by atoms with Crippen molar-refractivity contribution >= 4 is 0 Å². The van der Waals surface area contributed by atoms with Crippen LogP contribution in [0.25, 0.3) is 0 Å². The molecule has 1 aromatic rings. The molecular weight excluding hydrogens is 212 g/mol. The second-order valence-electron chi connectivity index (χ2n) is 4.01. The molecule has 1 saturated heterocycles. The molecule has 2 nitrogen and oxygen atoms in total. The summed E-state index contributed by atoms with van der Waals surface area (Å²) in [6, 6.07) is 4.49. The normalized spacial score (nSPS) is 21.0. The van der Waals surface area contributed by atoms with E-state index >= 15 is 0 Å². The van der Waals surface area contributed by atoms with E-state index in [1.807, 2.05) is 0 Å². The Morgan fingerprint density at radius 2 is 2.25 bits per heavy atom. The standard InChI is InChI=1S/C12H15F2NO/c13-11-5-1-3-9(12(11)14)7-15-10-4-2-6-16-8-10/h1,3,5,10,15H,2,4,6-8H2. The number of hydrogen-bond acceptors (Lipinski definition) is 2. The molecule has 1 unspecified atom stereocenters. The van der Waals surface area contributed by atoms with E-state index in [2.05, 4.69) is 5.32 Å². The van der Waals surface area contributed by atoms with Crippen molar-refractivity contribution in [2.75, 3.05) is 13.2 Å². The van der Waals surface area contributed by atoms with Gasteiger partial charge in [-0.3, -0.25) is 0 Å². The van der Waals surface area contributed by atoms with Crippen LogP contribution in [0.3, 0.4) is 0 Å². The maximum atomic E-state index is 13.3. The molecule has 4 heteroatoms. The number of halogens is 2. The van der Waals surface area contributed by atoms with E-state index in [-0.39, 0.29) is 6.04 Å². The van der Waals surface area contributed by atoms with E-state index < -0.39 is 11.6 Å². The van der Waals surface area contributed by atoms with Crippen LogP contribution >= 0.6 is 0 Å². The Kier molecular flexibility index (Phi) is 3.85. The van der Waals surface area contributed by atoms with Gasteiger partial charge in [0.2, 0.25) is 0 Å². The fraction of sp³-hybridized carbons (Fsp3) is 0.500. The van der Waals surface area contributed by atoms with Gasteiger partial charge in [-0.1, -0.05) is 12.1 Å². The van der Waals surface area contributed by atoms with Crippen molar-refractivity contribution in [1.29, 1.82) is 0 Å². The monoisotopic (exact) mass is 227 g/mol. The van der Waals surface area contributed by atoms with Gasteiger partial charge < -0.3 is 10.1 Å². The lowest BCUT2D eigenvalue weighted by Crippen LogP contribution is -2.36. The van der Waals surface area contributed by atoms with Gasteiger partial charge in [0.15, 0.2) is 11.6 Å². The summed E-state index contributed by atoms with van der Waals surface area (Å²) < 4.78 is 31.5. The topological polar surface area (TPSA) is 21.3 Å². The van der Waals surface area contributed by atoms with E-state index in [0.717, 1.165) is 25.5 Å². The quantitative estimate of drug-likeness (QED) is 0.855. The van der Waals surface area contributed by atoms with Crippen LogP contribution in [0.4, 0.5) is 8.78 Å². The average molecular weight is 227 g/mol. The predicted molar refractivity (Wildman–Crippen MR) is 57.0 cm³/mol. The summed E-state index contributed by atoms with van der Waals surface area (Å²) in [4.78, 5) is 0. The minimum Gasteiger partial charge on any atom is -0.380 e. The Morgan fingerprint density at radius 3 is 3.00 bits per heavy atom. The zero-order valence-corrected chi connectivity index (χ0v) is 9.01. The second-order valence-corrected chi connectivity index (χ2v) is 4.01. The first-order chi connectivity index (χ1) is 7.77. The molecule has 1 N–H and O–H groups in total. The van der Waals surface area contributed by atoms with E-state index in [1.54, 1.807) is 6.07 Å². The minimum absolute atomic E-state index is 0.247. The Bertz CT molecular complexity index is 351. The molecule has 88 valence electrons. The van der Waals surface area contributed by atoms with E-state index in [4.69, 9.17) is 4.74 Å². The van der Waals surface area contributed by atoms with Gasteiger partial charge in [0, 0.05) is 24.8 Å². The fourth-order valence-corrected chi connectivity index (χ4v) is 1.84. The molecule has 1 aromatic carbocycles.